The van der Waals surface area contributed by atoms with E-state index in [2.05, 4.69) is 0 Å². The van der Waals surface area contributed by atoms with Crippen LogP contribution in [-0.2, 0) is 11.2 Å². The van der Waals surface area contributed by atoms with Gasteiger partial charge in [-0.05, 0) is 42.3 Å². The van der Waals surface area contributed by atoms with E-state index in [1.807, 2.05) is 18.2 Å². The van der Waals surface area contributed by atoms with Crippen LogP contribution < -0.4 is 9.47 Å². The summed E-state index contributed by atoms with van der Waals surface area (Å²) in [6.07, 6.45) is 2.33. The second kappa shape index (κ2) is 9.18. The number of thioether (sulfide) groups is 1. The fourth-order valence-corrected chi connectivity index (χ4v) is 4.55. The smallest absolute Gasteiger partial charge is 0.266 e. The molecule has 0 bridgehead atoms. The molecule has 1 saturated heterocycles. The lowest BCUT2D eigenvalue weighted by atomic mass is 10.1. The zero-order valence-electron chi connectivity index (χ0n) is 15.2. The Hall–Kier alpha value is -1.73. The molecule has 0 aliphatic carbocycles. The van der Waals surface area contributed by atoms with Gasteiger partial charge in [0.15, 0.2) is 11.5 Å². The average molecular weight is 454 g/mol. The summed E-state index contributed by atoms with van der Waals surface area (Å²) in [4.78, 5) is 14.9. The van der Waals surface area contributed by atoms with Gasteiger partial charge in [-0.15, -0.1) is 0 Å². The SMILES string of the molecule is COc1ccc(CCN2C(=O)C(=Cc3c(Cl)cccc3Cl)SC2=S)cc1OC. The molecular weight excluding hydrogens is 437 g/mol. The van der Waals surface area contributed by atoms with Crippen LogP contribution in [0.4, 0.5) is 0 Å². The molecule has 0 spiro atoms. The standard InChI is InChI=1S/C20H17Cl2NO3S2/c1-25-16-7-6-12(10-17(16)26-2)8-9-23-19(24)18(28-20(23)27)11-13-14(21)4-3-5-15(13)22/h3-7,10-11H,8-9H2,1-2H3. The highest BCUT2D eigenvalue weighted by atomic mass is 35.5. The van der Waals surface area contributed by atoms with Crippen molar-refractivity contribution in [3.8, 4) is 11.5 Å². The van der Waals surface area contributed by atoms with E-state index in [0.717, 1.165) is 5.56 Å². The van der Waals surface area contributed by atoms with Crippen LogP contribution in [0.15, 0.2) is 41.3 Å². The summed E-state index contributed by atoms with van der Waals surface area (Å²) < 4.78 is 11.1. The molecule has 2 aromatic carbocycles. The molecule has 28 heavy (non-hydrogen) atoms. The summed E-state index contributed by atoms with van der Waals surface area (Å²) in [7, 11) is 3.18. The van der Waals surface area contributed by atoms with Crippen LogP contribution >= 0.6 is 47.2 Å². The van der Waals surface area contributed by atoms with Gasteiger partial charge in [-0.1, -0.05) is 59.3 Å². The summed E-state index contributed by atoms with van der Waals surface area (Å²) in [5, 5.41) is 0.978. The van der Waals surface area contributed by atoms with Crippen LogP contribution in [0.1, 0.15) is 11.1 Å². The van der Waals surface area contributed by atoms with Crippen LogP contribution in [0, 0.1) is 0 Å². The summed E-state index contributed by atoms with van der Waals surface area (Å²) in [6, 6.07) is 10.9. The molecule has 1 heterocycles. The van der Waals surface area contributed by atoms with Gasteiger partial charge in [0.05, 0.1) is 19.1 Å². The van der Waals surface area contributed by atoms with E-state index in [1.165, 1.54) is 11.8 Å². The first-order valence-electron chi connectivity index (χ1n) is 8.35. The molecule has 1 amide bonds. The van der Waals surface area contributed by atoms with Crippen LogP contribution in [0.25, 0.3) is 6.08 Å². The number of hydrogen-bond acceptors (Lipinski definition) is 5. The van der Waals surface area contributed by atoms with Crippen molar-refractivity contribution in [2.24, 2.45) is 0 Å². The molecule has 4 nitrogen and oxygen atoms in total. The van der Waals surface area contributed by atoms with Crippen molar-refractivity contribution in [3.05, 3.63) is 62.5 Å². The lowest BCUT2D eigenvalue weighted by Crippen LogP contribution is -2.30. The van der Waals surface area contributed by atoms with Gasteiger partial charge >= 0.3 is 0 Å². The Morgan fingerprint density at radius 1 is 1.11 bits per heavy atom. The highest BCUT2D eigenvalue weighted by Crippen LogP contribution is 2.36. The molecule has 1 aliphatic rings. The predicted molar refractivity (Wildman–Crippen MR) is 120 cm³/mol. The maximum atomic E-state index is 12.8. The minimum absolute atomic E-state index is 0.147. The van der Waals surface area contributed by atoms with Crippen LogP contribution in [0.5, 0.6) is 11.5 Å². The Morgan fingerprint density at radius 3 is 2.43 bits per heavy atom. The van der Waals surface area contributed by atoms with E-state index in [0.29, 0.717) is 49.3 Å². The highest BCUT2D eigenvalue weighted by Gasteiger charge is 2.32. The van der Waals surface area contributed by atoms with Gasteiger partial charge < -0.3 is 9.47 Å². The molecular formula is C20H17Cl2NO3S2. The Balaban J connectivity index is 1.75. The fourth-order valence-electron chi connectivity index (χ4n) is 2.75. The third-order valence-corrected chi connectivity index (χ3v) is 6.26. The molecule has 3 rings (SSSR count). The number of methoxy groups -OCH3 is 2. The quantitative estimate of drug-likeness (QED) is 0.429. The first-order valence-corrected chi connectivity index (χ1v) is 10.3. The topological polar surface area (TPSA) is 38.8 Å². The number of hydrogen-bond donors (Lipinski definition) is 0. The summed E-state index contributed by atoms with van der Waals surface area (Å²) in [5.41, 5.74) is 1.64. The molecule has 8 heteroatoms. The van der Waals surface area contributed by atoms with Gasteiger partial charge in [0.1, 0.15) is 4.32 Å². The zero-order valence-corrected chi connectivity index (χ0v) is 18.3. The third-order valence-electron chi connectivity index (χ3n) is 4.22. The van der Waals surface area contributed by atoms with Crippen molar-refractivity contribution in [1.82, 2.24) is 4.90 Å². The van der Waals surface area contributed by atoms with Crippen molar-refractivity contribution in [1.29, 1.82) is 0 Å². The number of nitrogens with zero attached hydrogens (tertiary/aromatic N) is 1. The van der Waals surface area contributed by atoms with Crippen molar-refractivity contribution in [2.45, 2.75) is 6.42 Å². The van der Waals surface area contributed by atoms with Crippen LogP contribution in [-0.4, -0.2) is 35.9 Å². The lowest BCUT2D eigenvalue weighted by Gasteiger charge is -2.15. The van der Waals surface area contributed by atoms with E-state index in [4.69, 9.17) is 44.9 Å². The number of carbonyl (C=O) groups excluding carboxylic acids is 1. The van der Waals surface area contributed by atoms with Gasteiger partial charge in [-0.2, -0.15) is 0 Å². The lowest BCUT2D eigenvalue weighted by molar-refractivity contribution is -0.122. The first kappa shape index (κ1) is 21.0. The van der Waals surface area contributed by atoms with Crippen molar-refractivity contribution >= 4 is 63.5 Å². The third kappa shape index (κ3) is 4.46. The number of thiocarbonyl (C=S) groups is 1. The zero-order chi connectivity index (χ0) is 20.3. The van der Waals surface area contributed by atoms with Crippen LogP contribution in [0.3, 0.4) is 0 Å². The largest absolute Gasteiger partial charge is 0.493 e. The average Bonchev–Trinajstić information content (AvgIpc) is 2.95. The number of rotatable bonds is 6. The second-order valence-corrected chi connectivity index (χ2v) is 8.40. The van der Waals surface area contributed by atoms with Gasteiger partial charge in [0.25, 0.3) is 5.91 Å². The molecule has 146 valence electrons. The number of carbonyl (C=O) groups is 1. The molecule has 0 atom stereocenters. The number of amides is 1. The molecule has 1 fully saturated rings. The molecule has 0 N–H and O–H groups in total. The van der Waals surface area contributed by atoms with Crippen molar-refractivity contribution in [3.63, 3.8) is 0 Å². The Labute approximate surface area is 183 Å². The maximum Gasteiger partial charge on any atom is 0.266 e. The molecule has 0 radical (unpaired) electrons. The minimum Gasteiger partial charge on any atom is -0.493 e. The monoisotopic (exact) mass is 453 g/mol. The van der Waals surface area contributed by atoms with E-state index in [-0.39, 0.29) is 5.91 Å². The molecule has 0 saturated carbocycles. The van der Waals surface area contributed by atoms with Gasteiger partial charge in [-0.25, -0.2) is 0 Å². The first-order chi connectivity index (χ1) is 13.4. The van der Waals surface area contributed by atoms with E-state index >= 15 is 0 Å². The van der Waals surface area contributed by atoms with E-state index in [1.54, 1.807) is 43.4 Å². The van der Waals surface area contributed by atoms with Gasteiger partial charge in [0.2, 0.25) is 0 Å². The van der Waals surface area contributed by atoms with Crippen LogP contribution in [0.2, 0.25) is 10.0 Å². The molecule has 2 aromatic rings. The molecule has 0 aromatic heterocycles. The summed E-state index contributed by atoms with van der Waals surface area (Å²) in [5.74, 6) is 1.17. The summed E-state index contributed by atoms with van der Waals surface area (Å²) in [6.45, 7) is 0.466. The fraction of sp³-hybridized carbons (Fsp3) is 0.200. The van der Waals surface area contributed by atoms with Gasteiger partial charge in [0, 0.05) is 22.2 Å². The number of halogens is 2. The summed E-state index contributed by atoms with van der Waals surface area (Å²) >= 11 is 19.1. The highest BCUT2D eigenvalue weighted by molar-refractivity contribution is 8.26. The maximum absolute atomic E-state index is 12.8. The number of ether oxygens (including phenoxy) is 2. The van der Waals surface area contributed by atoms with Crippen molar-refractivity contribution in [2.75, 3.05) is 20.8 Å². The van der Waals surface area contributed by atoms with E-state index in [9.17, 15) is 4.79 Å². The number of benzene rings is 2. The van der Waals surface area contributed by atoms with Crippen molar-refractivity contribution < 1.29 is 14.3 Å². The second-order valence-electron chi connectivity index (χ2n) is 5.91. The predicted octanol–water partition coefficient (Wildman–Crippen LogP) is 5.45. The van der Waals surface area contributed by atoms with Gasteiger partial charge in [-0.3, -0.25) is 9.69 Å². The molecule has 0 unspecified atom stereocenters. The Kier molecular flexibility index (Phi) is 6.88. The molecule has 1 aliphatic heterocycles. The minimum atomic E-state index is -0.147. The van der Waals surface area contributed by atoms with E-state index < -0.39 is 0 Å². The Bertz CT molecular complexity index is 942. The normalized spacial score (nSPS) is 15.4. The Morgan fingerprint density at radius 2 is 1.79 bits per heavy atom.